The monoisotopic (exact) mass is 354 g/mol. The third kappa shape index (κ3) is 4.05. The topological polar surface area (TPSA) is 86.1 Å². The van der Waals surface area contributed by atoms with Crippen LogP contribution in [-0.2, 0) is 14.3 Å². The van der Waals surface area contributed by atoms with E-state index in [1.54, 1.807) is 49.7 Å². The first-order valence-electron chi connectivity index (χ1n) is 8.37. The molecule has 0 radical (unpaired) electrons. The summed E-state index contributed by atoms with van der Waals surface area (Å²) >= 11 is 0. The Balaban J connectivity index is 2.37. The second-order valence-electron chi connectivity index (χ2n) is 5.30. The fourth-order valence-electron chi connectivity index (χ4n) is 2.34. The SMILES string of the molecule is C=Cn1c(/C(=C\C)C(=O)OCC)nnc1-c1ccc(NC(=O)CC)cc1. The maximum atomic E-state index is 12.1. The van der Waals surface area contributed by atoms with Gasteiger partial charge in [0.05, 0.1) is 6.61 Å². The van der Waals surface area contributed by atoms with Crippen molar-refractivity contribution in [2.75, 3.05) is 11.9 Å². The molecule has 0 atom stereocenters. The fourth-order valence-corrected chi connectivity index (χ4v) is 2.34. The lowest BCUT2D eigenvalue weighted by Crippen LogP contribution is -2.10. The number of anilines is 1. The molecule has 7 heteroatoms. The molecule has 2 rings (SSSR count). The highest BCUT2D eigenvalue weighted by Gasteiger charge is 2.21. The maximum Gasteiger partial charge on any atom is 0.341 e. The minimum atomic E-state index is -0.463. The van der Waals surface area contributed by atoms with Gasteiger partial charge in [0.15, 0.2) is 11.6 Å². The van der Waals surface area contributed by atoms with Gasteiger partial charge in [-0.1, -0.05) is 19.6 Å². The molecule has 0 aliphatic rings. The second kappa shape index (κ2) is 8.75. The first-order chi connectivity index (χ1) is 12.5. The van der Waals surface area contributed by atoms with E-state index in [1.165, 1.54) is 0 Å². The highest BCUT2D eigenvalue weighted by molar-refractivity contribution is 6.15. The summed E-state index contributed by atoms with van der Waals surface area (Å²) in [5, 5.41) is 11.1. The predicted octanol–water partition coefficient (Wildman–Crippen LogP) is 3.36. The minimum Gasteiger partial charge on any atom is -0.462 e. The summed E-state index contributed by atoms with van der Waals surface area (Å²) < 4.78 is 6.70. The zero-order valence-corrected chi connectivity index (χ0v) is 15.2. The molecule has 0 saturated heterocycles. The molecule has 0 saturated carbocycles. The number of ether oxygens (including phenoxy) is 1. The highest BCUT2D eigenvalue weighted by Crippen LogP contribution is 2.24. The highest BCUT2D eigenvalue weighted by atomic mass is 16.5. The summed E-state index contributed by atoms with van der Waals surface area (Å²) in [6.07, 6.45) is 3.59. The molecule has 0 fully saturated rings. The average Bonchev–Trinajstić information content (AvgIpc) is 3.06. The van der Waals surface area contributed by atoms with Crippen LogP contribution < -0.4 is 5.32 Å². The minimum absolute atomic E-state index is 0.0542. The smallest absolute Gasteiger partial charge is 0.341 e. The van der Waals surface area contributed by atoms with E-state index < -0.39 is 5.97 Å². The van der Waals surface area contributed by atoms with Crippen molar-refractivity contribution in [3.8, 4) is 11.4 Å². The van der Waals surface area contributed by atoms with Gasteiger partial charge < -0.3 is 10.1 Å². The third-order valence-electron chi connectivity index (χ3n) is 3.65. The summed E-state index contributed by atoms with van der Waals surface area (Å²) in [4.78, 5) is 23.6. The molecule has 0 aliphatic heterocycles. The lowest BCUT2D eigenvalue weighted by molar-refractivity contribution is -0.136. The Morgan fingerprint density at radius 3 is 2.46 bits per heavy atom. The van der Waals surface area contributed by atoms with Crippen LogP contribution >= 0.6 is 0 Å². The summed E-state index contributed by atoms with van der Waals surface area (Å²) in [6.45, 7) is 9.33. The van der Waals surface area contributed by atoms with Crippen LogP contribution in [0.4, 0.5) is 5.69 Å². The van der Waals surface area contributed by atoms with Crippen LogP contribution in [-0.4, -0.2) is 33.2 Å². The molecular weight excluding hydrogens is 332 g/mol. The Morgan fingerprint density at radius 2 is 1.92 bits per heavy atom. The van der Waals surface area contributed by atoms with E-state index in [-0.39, 0.29) is 12.5 Å². The molecular formula is C19H22N4O3. The molecule has 0 aliphatic carbocycles. The molecule has 0 bridgehead atoms. The van der Waals surface area contributed by atoms with Gasteiger partial charge in [-0.05, 0) is 38.1 Å². The van der Waals surface area contributed by atoms with Crippen molar-refractivity contribution in [3.63, 3.8) is 0 Å². The predicted molar refractivity (Wildman–Crippen MR) is 101 cm³/mol. The molecule has 1 aromatic heterocycles. The number of hydrogen-bond acceptors (Lipinski definition) is 5. The number of amides is 1. The van der Waals surface area contributed by atoms with E-state index >= 15 is 0 Å². The van der Waals surface area contributed by atoms with Crippen LogP contribution in [0, 0.1) is 0 Å². The largest absolute Gasteiger partial charge is 0.462 e. The summed E-state index contributed by atoms with van der Waals surface area (Å²) in [5.41, 5.74) is 1.79. The lowest BCUT2D eigenvalue weighted by atomic mass is 10.2. The Labute approximate surface area is 152 Å². The van der Waals surface area contributed by atoms with Crippen molar-refractivity contribution in [2.45, 2.75) is 27.2 Å². The van der Waals surface area contributed by atoms with Gasteiger partial charge in [0.2, 0.25) is 5.91 Å². The van der Waals surface area contributed by atoms with Crippen molar-refractivity contribution in [1.82, 2.24) is 14.8 Å². The first kappa shape index (κ1) is 19.1. The average molecular weight is 354 g/mol. The third-order valence-corrected chi connectivity index (χ3v) is 3.65. The van der Waals surface area contributed by atoms with Gasteiger partial charge in [0, 0.05) is 23.9 Å². The van der Waals surface area contributed by atoms with Crippen LogP contribution in [0.1, 0.15) is 33.0 Å². The number of nitrogens with one attached hydrogen (secondary N) is 1. The first-order valence-corrected chi connectivity index (χ1v) is 8.37. The second-order valence-corrected chi connectivity index (χ2v) is 5.30. The molecule has 1 aromatic carbocycles. The molecule has 1 heterocycles. The van der Waals surface area contributed by atoms with E-state index in [2.05, 4.69) is 22.1 Å². The number of nitrogens with zero attached hydrogens (tertiary/aromatic N) is 3. The number of aromatic nitrogens is 3. The zero-order chi connectivity index (χ0) is 19.1. The Kier molecular flexibility index (Phi) is 6.43. The number of hydrogen-bond donors (Lipinski definition) is 1. The number of carbonyl (C=O) groups is 2. The fraction of sp³-hybridized carbons (Fsp3) is 0.263. The van der Waals surface area contributed by atoms with E-state index in [9.17, 15) is 9.59 Å². The quantitative estimate of drug-likeness (QED) is 0.609. The van der Waals surface area contributed by atoms with Gasteiger partial charge in [0.1, 0.15) is 5.57 Å². The van der Waals surface area contributed by atoms with E-state index in [0.29, 0.717) is 29.3 Å². The van der Waals surface area contributed by atoms with Gasteiger partial charge >= 0.3 is 5.97 Å². The number of allylic oxidation sites excluding steroid dienone is 1. The maximum absolute atomic E-state index is 12.1. The molecule has 2 aromatic rings. The van der Waals surface area contributed by atoms with Crippen molar-refractivity contribution in [1.29, 1.82) is 0 Å². The van der Waals surface area contributed by atoms with Crippen molar-refractivity contribution in [2.24, 2.45) is 0 Å². The molecule has 1 N–H and O–H groups in total. The normalized spacial score (nSPS) is 11.1. The van der Waals surface area contributed by atoms with Gasteiger partial charge in [0.25, 0.3) is 0 Å². The summed E-state index contributed by atoms with van der Waals surface area (Å²) in [7, 11) is 0. The van der Waals surface area contributed by atoms with Crippen LogP contribution in [0.3, 0.4) is 0 Å². The molecule has 0 spiro atoms. The summed E-state index contributed by atoms with van der Waals surface area (Å²) in [5.74, 6) is 0.377. The Bertz CT molecular complexity index is 835. The Hall–Kier alpha value is -3.22. The number of benzene rings is 1. The summed E-state index contributed by atoms with van der Waals surface area (Å²) in [6, 6.07) is 7.21. The van der Waals surface area contributed by atoms with Gasteiger partial charge in [-0.3, -0.25) is 9.36 Å². The van der Waals surface area contributed by atoms with E-state index in [0.717, 1.165) is 5.56 Å². The number of rotatable bonds is 7. The number of carbonyl (C=O) groups excluding carboxylic acids is 2. The van der Waals surface area contributed by atoms with E-state index in [1.807, 2.05) is 12.1 Å². The standard InChI is InChI=1S/C19H22N4O3/c1-5-15(19(25)26-8-4)18-22-21-17(23(18)7-3)13-9-11-14(12-10-13)20-16(24)6-2/h5,7,9-12H,3,6,8H2,1-2,4H3,(H,20,24)/b15-5+. The molecule has 7 nitrogen and oxygen atoms in total. The van der Waals surface area contributed by atoms with Crippen LogP contribution in [0.25, 0.3) is 23.2 Å². The van der Waals surface area contributed by atoms with Crippen molar-refractivity contribution >= 4 is 29.3 Å². The lowest BCUT2D eigenvalue weighted by Gasteiger charge is -2.08. The zero-order valence-electron chi connectivity index (χ0n) is 15.2. The van der Waals surface area contributed by atoms with Gasteiger partial charge in [-0.15, -0.1) is 10.2 Å². The molecule has 1 amide bonds. The van der Waals surface area contributed by atoms with Crippen LogP contribution in [0.15, 0.2) is 36.9 Å². The Morgan fingerprint density at radius 1 is 1.23 bits per heavy atom. The van der Waals surface area contributed by atoms with Crippen molar-refractivity contribution < 1.29 is 14.3 Å². The van der Waals surface area contributed by atoms with Crippen molar-refractivity contribution in [3.05, 3.63) is 42.7 Å². The molecule has 26 heavy (non-hydrogen) atoms. The molecule has 136 valence electrons. The van der Waals surface area contributed by atoms with Crippen LogP contribution in [0.2, 0.25) is 0 Å². The van der Waals surface area contributed by atoms with Gasteiger partial charge in [-0.25, -0.2) is 4.79 Å². The van der Waals surface area contributed by atoms with Crippen LogP contribution in [0.5, 0.6) is 0 Å². The van der Waals surface area contributed by atoms with E-state index in [4.69, 9.17) is 4.74 Å². The number of esters is 1. The van der Waals surface area contributed by atoms with Gasteiger partial charge in [-0.2, -0.15) is 0 Å². The molecule has 0 unspecified atom stereocenters.